The van der Waals surface area contributed by atoms with Gasteiger partial charge < -0.3 is 10.0 Å². The number of carbonyl (C=O) groups is 1. The summed E-state index contributed by atoms with van der Waals surface area (Å²) in [7, 11) is 3.50. The molecule has 1 aliphatic carbocycles. The Bertz CT molecular complexity index is 1450. The van der Waals surface area contributed by atoms with Crippen LogP contribution in [0, 0.1) is 11.6 Å². The van der Waals surface area contributed by atoms with E-state index in [0.29, 0.717) is 17.8 Å². The van der Waals surface area contributed by atoms with Gasteiger partial charge in [-0.15, -0.1) is 10.2 Å². The summed E-state index contributed by atoms with van der Waals surface area (Å²) in [5.74, 6) is -2.47. The summed E-state index contributed by atoms with van der Waals surface area (Å²) in [5.41, 5.74) is 0.0789. The van der Waals surface area contributed by atoms with Crippen molar-refractivity contribution in [1.29, 1.82) is 0 Å². The molecular formula is C24H23F2N5O3S. The number of nitrogens with zero attached hydrogens (tertiary/aromatic N) is 5. The molecule has 0 saturated heterocycles. The quantitative estimate of drug-likeness (QED) is 0.556. The molecule has 1 atom stereocenters. The van der Waals surface area contributed by atoms with Crippen molar-refractivity contribution >= 4 is 17.2 Å². The molecule has 1 spiro atoms. The summed E-state index contributed by atoms with van der Waals surface area (Å²) >= 11 is 1.07. The highest BCUT2D eigenvalue weighted by molar-refractivity contribution is 7.14. The smallest absolute Gasteiger partial charge is 0.278 e. The Labute approximate surface area is 203 Å². The van der Waals surface area contributed by atoms with E-state index in [1.54, 1.807) is 11.9 Å². The number of halogens is 2. The minimum atomic E-state index is -0.739. The number of allylic oxidation sites excluding steroid dienone is 1. The second kappa shape index (κ2) is 8.26. The van der Waals surface area contributed by atoms with E-state index < -0.39 is 34.4 Å². The number of fused-ring (bicyclic) bond motifs is 1. The van der Waals surface area contributed by atoms with Crippen molar-refractivity contribution < 1.29 is 18.7 Å². The largest absolute Gasteiger partial charge is 0.502 e. The van der Waals surface area contributed by atoms with Crippen LogP contribution in [0.1, 0.15) is 47.2 Å². The molecule has 3 heterocycles. The van der Waals surface area contributed by atoms with E-state index >= 15 is 0 Å². The van der Waals surface area contributed by atoms with Gasteiger partial charge in [0, 0.05) is 39.2 Å². The van der Waals surface area contributed by atoms with Gasteiger partial charge in [0.05, 0.1) is 5.56 Å². The van der Waals surface area contributed by atoms with E-state index in [1.807, 2.05) is 12.1 Å². The Kier molecular flexibility index (Phi) is 5.47. The molecule has 5 rings (SSSR count). The maximum absolute atomic E-state index is 14.1. The van der Waals surface area contributed by atoms with Gasteiger partial charge in [0.1, 0.15) is 22.3 Å². The molecule has 2 aromatic heterocycles. The fourth-order valence-electron chi connectivity index (χ4n) is 4.74. The van der Waals surface area contributed by atoms with Gasteiger partial charge in [-0.25, -0.2) is 8.78 Å². The minimum absolute atomic E-state index is 0.0695. The third kappa shape index (κ3) is 3.61. The molecule has 1 aromatic carbocycles. The fraction of sp³-hybridized carbons (Fsp3) is 0.333. The summed E-state index contributed by atoms with van der Waals surface area (Å²) in [5, 5.41) is 21.4. The second-order valence-electron chi connectivity index (χ2n) is 8.95. The molecule has 182 valence electrons. The van der Waals surface area contributed by atoms with Gasteiger partial charge in [-0.2, -0.15) is 0 Å². The SMILES string of the molecule is CC1=CCC2(CC1)N(C)C(=O)c1c(O)c(=O)c(-c3nnc(Cc4ccc(F)cc4F)s3)cn1N2C. The molecule has 11 heteroatoms. The van der Waals surface area contributed by atoms with Gasteiger partial charge in [-0.1, -0.05) is 29.1 Å². The molecule has 2 aliphatic rings. The highest BCUT2D eigenvalue weighted by Crippen LogP contribution is 2.39. The Balaban J connectivity index is 1.56. The van der Waals surface area contributed by atoms with Crippen LogP contribution in [-0.4, -0.2) is 50.5 Å². The van der Waals surface area contributed by atoms with Gasteiger partial charge in [0.15, 0.2) is 16.5 Å². The Morgan fingerprint density at radius 1 is 1.20 bits per heavy atom. The first-order valence-electron chi connectivity index (χ1n) is 11.1. The van der Waals surface area contributed by atoms with Gasteiger partial charge in [0.2, 0.25) is 5.43 Å². The number of rotatable bonds is 3. The maximum atomic E-state index is 14.1. The van der Waals surface area contributed by atoms with Crippen LogP contribution < -0.4 is 10.4 Å². The third-order valence-corrected chi connectivity index (χ3v) is 7.93. The zero-order chi connectivity index (χ0) is 25.1. The summed E-state index contributed by atoms with van der Waals surface area (Å²) < 4.78 is 28.8. The summed E-state index contributed by atoms with van der Waals surface area (Å²) in [4.78, 5) is 27.9. The molecule has 1 unspecified atom stereocenters. The average Bonchev–Trinajstić information content (AvgIpc) is 3.29. The summed E-state index contributed by atoms with van der Waals surface area (Å²) in [6, 6.07) is 3.30. The lowest BCUT2D eigenvalue weighted by Crippen LogP contribution is -2.68. The van der Waals surface area contributed by atoms with Crippen molar-refractivity contribution in [3.8, 4) is 16.3 Å². The fourth-order valence-corrected chi connectivity index (χ4v) is 5.61. The predicted octanol–water partition coefficient (Wildman–Crippen LogP) is 3.42. The van der Waals surface area contributed by atoms with Crippen LogP contribution in [0.25, 0.3) is 10.6 Å². The molecule has 8 nitrogen and oxygen atoms in total. The first-order valence-corrected chi connectivity index (χ1v) is 11.9. The lowest BCUT2D eigenvalue weighted by molar-refractivity contribution is 0.0348. The molecule has 0 radical (unpaired) electrons. The standard InChI is InChI=1S/C24H23F2N5O3S/c1-13-6-8-24(9-7-13)29(2)23(34)19-21(33)20(32)16(12-31(19)30(24)3)22-28-27-18(35-22)10-14-4-5-15(25)11-17(14)26/h4-6,11-12,33H,7-10H2,1-3H3. The maximum Gasteiger partial charge on any atom is 0.278 e. The highest BCUT2D eigenvalue weighted by atomic mass is 32.1. The molecule has 1 amide bonds. The van der Waals surface area contributed by atoms with Crippen molar-refractivity contribution in [2.75, 3.05) is 19.1 Å². The number of aromatic hydroxyl groups is 1. The van der Waals surface area contributed by atoms with Crippen LogP contribution in [0.5, 0.6) is 5.75 Å². The number of aromatic nitrogens is 3. The molecule has 0 saturated carbocycles. The number of hydrogen-bond donors (Lipinski definition) is 1. The minimum Gasteiger partial charge on any atom is -0.502 e. The normalized spacial score (nSPS) is 19.8. The second-order valence-corrected chi connectivity index (χ2v) is 10.0. The van der Waals surface area contributed by atoms with E-state index in [9.17, 15) is 23.5 Å². The van der Waals surface area contributed by atoms with Crippen LogP contribution in [0.4, 0.5) is 8.78 Å². The van der Waals surface area contributed by atoms with Crippen molar-refractivity contribution in [2.24, 2.45) is 0 Å². The monoisotopic (exact) mass is 499 g/mol. The molecule has 0 fully saturated rings. The number of amides is 1. The third-order valence-electron chi connectivity index (χ3n) is 6.97. The van der Waals surface area contributed by atoms with Crippen LogP contribution in [0.3, 0.4) is 0 Å². The Morgan fingerprint density at radius 2 is 1.97 bits per heavy atom. The predicted molar refractivity (Wildman–Crippen MR) is 127 cm³/mol. The van der Waals surface area contributed by atoms with Gasteiger partial charge in [-0.05, 0) is 31.4 Å². The van der Waals surface area contributed by atoms with Gasteiger partial charge in [-0.3, -0.25) is 19.3 Å². The molecular weight excluding hydrogens is 476 g/mol. The van der Waals surface area contributed by atoms with E-state index in [-0.39, 0.29) is 28.2 Å². The van der Waals surface area contributed by atoms with Crippen molar-refractivity contribution in [2.45, 2.75) is 38.3 Å². The lowest BCUT2D eigenvalue weighted by atomic mass is 9.87. The molecule has 0 bridgehead atoms. The molecule has 35 heavy (non-hydrogen) atoms. The molecule has 1 N–H and O–H groups in total. The molecule has 1 aliphatic heterocycles. The van der Waals surface area contributed by atoms with E-state index in [0.717, 1.165) is 29.9 Å². The van der Waals surface area contributed by atoms with E-state index in [4.69, 9.17) is 0 Å². The summed E-state index contributed by atoms with van der Waals surface area (Å²) in [6.45, 7) is 2.05. The number of pyridine rings is 1. The number of benzene rings is 1. The van der Waals surface area contributed by atoms with Crippen LogP contribution in [-0.2, 0) is 6.42 Å². The number of hydrogen-bond acceptors (Lipinski definition) is 7. The van der Waals surface area contributed by atoms with Crippen molar-refractivity contribution in [3.05, 3.63) is 74.2 Å². The lowest BCUT2D eigenvalue weighted by Gasteiger charge is -2.54. The van der Waals surface area contributed by atoms with Gasteiger partial charge in [0.25, 0.3) is 5.91 Å². The Hall–Kier alpha value is -3.60. The zero-order valence-corrected chi connectivity index (χ0v) is 20.2. The average molecular weight is 500 g/mol. The first kappa shape index (κ1) is 23.2. The van der Waals surface area contributed by atoms with E-state index in [1.165, 1.54) is 22.5 Å². The van der Waals surface area contributed by atoms with E-state index in [2.05, 4.69) is 23.2 Å². The topological polar surface area (TPSA) is 91.6 Å². The number of carbonyl (C=O) groups excluding carboxylic acids is 1. The zero-order valence-electron chi connectivity index (χ0n) is 19.4. The summed E-state index contributed by atoms with van der Waals surface area (Å²) in [6.07, 6.45) is 5.78. The van der Waals surface area contributed by atoms with Crippen molar-refractivity contribution in [3.63, 3.8) is 0 Å². The first-order chi connectivity index (χ1) is 16.6. The van der Waals surface area contributed by atoms with Crippen LogP contribution in [0.2, 0.25) is 0 Å². The van der Waals surface area contributed by atoms with Gasteiger partial charge >= 0.3 is 0 Å². The Morgan fingerprint density at radius 3 is 2.66 bits per heavy atom. The van der Waals surface area contributed by atoms with Crippen LogP contribution >= 0.6 is 11.3 Å². The van der Waals surface area contributed by atoms with Crippen molar-refractivity contribution in [1.82, 2.24) is 19.8 Å². The highest BCUT2D eigenvalue weighted by Gasteiger charge is 2.48. The molecule has 3 aromatic rings. The van der Waals surface area contributed by atoms with Crippen LogP contribution in [0.15, 0.2) is 40.8 Å².